The first-order valence-electron chi connectivity index (χ1n) is 5.52. The molecule has 1 aromatic heterocycles. The Morgan fingerprint density at radius 1 is 1.39 bits per heavy atom. The number of aromatic nitrogens is 1. The zero-order valence-corrected chi connectivity index (χ0v) is 9.92. The van der Waals surface area contributed by atoms with E-state index in [1.165, 1.54) is 0 Å². The van der Waals surface area contributed by atoms with Gasteiger partial charge in [0.15, 0.2) is 0 Å². The number of hydrogen-bond acceptors (Lipinski definition) is 3. The van der Waals surface area contributed by atoms with Crippen molar-refractivity contribution in [3.63, 3.8) is 0 Å². The molecule has 2 N–H and O–H groups in total. The van der Waals surface area contributed by atoms with E-state index in [1.54, 1.807) is 37.5 Å². The molecular weight excluding hydrogens is 230 g/mol. The number of rotatable bonds is 3. The lowest BCUT2D eigenvalue weighted by Crippen LogP contribution is -2.04. The number of phenols is 1. The Balaban J connectivity index is 2.47. The summed E-state index contributed by atoms with van der Waals surface area (Å²) in [5.74, 6) is -1.02. The van der Waals surface area contributed by atoms with Crippen LogP contribution in [-0.2, 0) is 6.42 Å². The fourth-order valence-electron chi connectivity index (χ4n) is 1.88. The molecule has 0 aliphatic rings. The van der Waals surface area contributed by atoms with Crippen molar-refractivity contribution in [1.82, 2.24) is 4.98 Å². The van der Waals surface area contributed by atoms with E-state index < -0.39 is 5.97 Å². The second-order valence-corrected chi connectivity index (χ2v) is 4.15. The van der Waals surface area contributed by atoms with Crippen LogP contribution in [0.3, 0.4) is 0 Å². The highest BCUT2D eigenvalue weighted by atomic mass is 16.4. The number of phenolic OH excluding ortho intramolecular Hbond substituents is 1. The van der Waals surface area contributed by atoms with E-state index in [2.05, 4.69) is 4.98 Å². The Labute approximate surface area is 105 Å². The van der Waals surface area contributed by atoms with Gasteiger partial charge in [0.05, 0.1) is 5.56 Å². The molecule has 0 bridgehead atoms. The van der Waals surface area contributed by atoms with Crippen molar-refractivity contribution in [2.24, 2.45) is 0 Å². The maximum atomic E-state index is 11.2. The Morgan fingerprint density at radius 2 is 2.17 bits per heavy atom. The summed E-state index contributed by atoms with van der Waals surface area (Å²) in [4.78, 5) is 15.2. The van der Waals surface area contributed by atoms with E-state index in [0.29, 0.717) is 12.0 Å². The van der Waals surface area contributed by atoms with Crippen molar-refractivity contribution in [2.75, 3.05) is 0 Å². The largest absolute Gasteiger partial charge is 0.508 e. The van der Waals surface area contributed by atoms with Gasteiger partial charge in [0, 0.05) is 24.4 Å². The van der Waals surface area contributed by atoms with Crippen LogP contribution in [0.5, 0.6) is 5.75 Å². The number of nitrogens with zero attached hydrogens (tertiary/aromatic N) is 1. The smallest absolute Gasteiger partial charge is 0.336 e. The average Bonchev–Trinajstić information content (AvgIpc) is 2.33. The molecule has 18 heavy (non-hydrogen) atoms. The average molecular weight is 243 g/mol. The van der Waals surface area contributed by atoms with Gasteiger partial charge in [-0.15, -0.1) is 0 Å². The van der Waals surface area contributed by atoms with Crippen LogP contribution in [0.25, 0.3) is 0 Å². The maximum Gasteiger partial charge on any atom is 0.336 e. The van der Waals surface area contributed by atoms with E-state index >= 15 is 0 Å². The Hall–Kier alpha value is -2.36. The molecule has 92 valence electrons. The standard InChI is InChI=1S/C14H13NO3/c1-9-5-12(14(17)18)11(13(16)6-9)7-10-3-2-4-15-8-10/h2-6,8,16H,7H2,1H3,(H,17,18). The number of aromatic carboxylic acids is 1. The second-order valence-electron chi connectivity index (χ2n) is 4.15. The van der Waals surface area contributed by atoms with Crippen LogP contribution >= 0.6 is 0 Å². The summed E-state index contributed by atoms with van der Waals surface area (Å²) in [6.07, 6.45) is 3.66. The highest BCUT2D eigenvalue weighted by Crippen LogP contribution is 2.26. The molecule has 0 fully saturated rings. The van der Waals surface area contributed by atoms with Gasteiger partial charge >= 0.3 is 5.97 Å². The molecule has 0 saturated heterocycles. The van der Waals surface area contributed by atoms with E-state index in [1.807, 2.05) is 6.07 Å². The van der Waals surface area contributed by atoms with E-state index in [-0.39, 0.29) is 11.3 Å². The third kappa shape index (κ3) is 2.48. The Kier molecular flexibility index (Phi) is 3.28. The van der Waals surface area contributed by atoms with Gasteiger partial charge in [0.2, 0.25) is 0 Å². The third-order valence-corrected chi connectivity index (χ3v) is 2.70. The highest BCUT2D eigenvalue weighted by molar-refractivity contribution is 5.90. The quantitative estimate of drug-likeness (QED) is 0.868. The fourth-order valence-corrected chi connectivity index (χ4v) is 1.88. The van der Waals surface area contributed by atoms with Gasteiger partial charge in [-0.2, -0.15) is 0 Å². The highest BCUT2D eigenvalue weighted by Gasteiger charge is 2.15. The molecule has 0 amide bonds. The summed E-state index contributed by atoms with van der Waals surface area (Å²) in [5, 5.41) is 19.1. The summed E-state index contributed by atoms with van der Waals surface area (Å²) in [7, 11) is 0. The molecule has 1 heterocycles. The first-order chi connectivity index (χ1) is 8.58. The lowest BCUT2D eigenvalue weighted by atomic mass is 9.97. The lowest BCUT2D eigenvalue weighted by molar-refractivity contribution is 0.0695. The van der Waals surface area contributed by atoms with Gasteiger partial charge in [-0.3, -0.25) is 4.98 Å². The van der Waals surface area contributed by atoms with Crippen molar-refractivity contribution in [1.29, 1.82) is 0 Å². The van der Waals surface area contributed by atoms with Crippen LogP contribution in [0, 0.1) is 6.92 Å². The van der Waals surface area contributed by atoms with Gasteiger partial charge in [-0.1, -0.05) is 6.07 Å². The van der Waals surface area contributed by atoms with Crippen LogP contribution in [0.2, 0.25) is 0 Å². The van der Waals surface area contributed by atoms with Gasteiger partial charge in [-0.05, 0) is 36.2 Å². The van der Waals surface area contributed by atoms with Crippen molar-refractivity contribution in [3.8, 4) is 5.75 Å². The van der Waals surface area contributed by atoms with Gasteiger partial charge < -0.3 is 10.2 Å². The van der Waals surface area contributed by atoms with Gasteiger partial charge in [-0.25, -0.2) is 4.79 Å². The number of hydrogen-bond donors (Lipinski definition) is 2. The number of carbonyl (C=O) groups is 1. The van der Waals surface area contributed by atoms with Crippen molar-refractivity contribution >= 4 is 5.97 Å². The SMILES string of the molecule is Cc1cc(O)c(Cc2cccnc2)c(C(=O)O)c1. The third-order valence-electron chi connectivity index (χ3n) is 2.70. The second kappa shape index (κ2) is 4.87. The number of aryl methyl sites for hydroxylation is 1. The van der Waals surface area contributed by atoms with Crippen LogP contribution < -0.4 is 0 Å². The lowest BCUT2D eigenvalue weighted by Gasteiger charge is -2.10. The molecule has 2 rings (SSSR count). The van der Waals surface area contributed by atoms with Crippen LogP contribution in [0.15, 0.2) is 36.7 Å². The molecule has 0 radical (unpaired) electrons. The summed E-state index contributed by atoms with van der Waals surface area (Å²) >= 11 is 0. The number of pyridine rings is 1. The molecule has 0 aliphatic carbocycles. The van der Waals surface area contributed by atoms with Gasteiger partial charge in [0.25, 0.3) is 0 Å². The molecule has 0 spiro atoms. The minimum absolute atomic E-state index is 0.0104. The minimum atomic E-state index is -1.03. The molecule has 2 aromatic rings. The molecular formula is C14H13NO3. The Bertz CT molecular complexity index is 579. The fraction of sp³-hybridized carbons (Fsp3) is 0.143. The van der Waals surface area contributed by atoms with Crippen LogP contribution in [-0.4, -0.2) is 21.2 Å². The van der Waals surface area contributed by atoms with E-state index in [4.69, 9.17) is 5.11 Å². The van der Waals surface area contributed by atoms with Crippen molar-refractivity contribution in [3.05, 3.63) is 58.9 Å². The predicted molar refractivity (Wildman–Crippen MR) is 66.8 cm³/mol. The summed E-state index contributed by atoms with van der Waals surface area (Å²) in [6.45, 7) is 1.75. The summed E-state index contributed by atoms with van der Waals surface area (Å²) < 4.78 is 0. The molecule has 4 nitrogen and oxygen atoms in total. The number of carboxylic acid groups (broad SMARTS) is 1. The zero-order chi connectivity index (χ0) is 13.1. The molecule has 0 unspecified atom stereocenters. The van der Waals surface area contributed by atoms with E-state index in [0.717, 1.165) is 11.1 Å². The number of benzene rings is 1. The first kappa shape index (κ1) is 12.1. The molecule has 4 heteroatoms. The minimum Gasteiger partial charge on any atom is -0.508 e. The predicted octanol–water partition coefficient (Wildman–Crippen LogP) is 2.38. The number of aromatic hydroxyl groups is 1. The van der Waals surface area contributed by atoms with Crippen molar-refractivity contribution in [2.45, 2.75) is 13.3 Å². The summed E-state index contributed by atoms with van der Waals surface area (Å²) in [5.41, 5.74) is 2.14. The molecule has 1 aromatic carbocycles. The van der Waals surface area contributed by atoms with E-state index in [9.17, 15) is 9.90 Å². The normalized spacial score (nSPS) is 10.3. The maximum absolute atomic E-state index is 11.2. The summed E-state index contributed by atoms with van der Waals surface area (Å²) in [6, 6.07) is 6.75. The van der Waals surface area contributed by atoms with Crippen LogP contribution in [0.1, 0.15) is 27.0 Å². The topological polar surface area (TPSA) is 70.4 Å². The van der Waals surface area contributed by atoms with Crippen molar-refractivity contribution < 1.29 is 15.0 Å². The Morgan fingerprint density at radius 3 is 2.78 bits per heavy atom. The number of carboxylic acids is 1. The van der Waals surface area contributed by atoms with Crippen LogP contribution in [0.4, 0.5) is 0 Å². The van der Waals surface area contributed by atoms with Gasteiger partial charge in [0.1, 0.15) is 5.75 Å². The first-order valence-corrected chi connectivity index (χ1v) is 5.52. The zero-order valence-electron chi connectivity index (χ0n) is 9.92. The molecule has 0 aliphatic heterocycles. The monoisotopic (exact) mass is 243 g/mol. The molecule has 0 saturated carbocycles. The molecule has 0 atom stereocenters.